The highest BCUT2D eigenvalue weighted by Crippen LogP contribution is 2.60. The molecule has 0 aromatic heterocycles. The third kappa shape index (κ3) is 3.80. The molecule has 0 spiro atoms. The molecule has 9 heteroatoms. The predicted octanol–water partition coefficient (Wildman–Crippen LogP) is 1.70. The number of esters is 4. The molecule has 0 radical (unpaired) electrons. The normalized spacial score (nSPS) is 40.8. The molecular formula is C23H32O9. The van der Waals surface area contributed by atoms with Gasteiger partial charge in [-0.1, -0.05) is 27.4 Å². The lowest BCUT2D eigenvalue weighted by Gasteiger charge is -2.61. The number of hydrogen-bond donors (Lipinski definition) is 1. The molecule has 0 aromatic carbocycles. The van der Waals surface area contributed by atoms with Crippen molar-refractivity contribution < 1.29 is 43.2 Å². The van der Waals surface area contributed by atoms with Crippen LogP contribution in [0, 0.1) is 23.2 Å². The zero-order valence-electron chi connectivity index (χ0n) is 19.4. The maximum atomic E-state index is 12.7. The molecule has 8 atom stereocenters. The summed E-state index contributed by atoms with van der Waals surface area (Å²) in [5.74, 6) is -4.48. The highest BCUT2D eigenvalue weighted by Gasteiger charge is 2.72. The first kappa shape index (κ1) is 24.2. The van der Waals surface area contributed by atoms with Crippen molar-refractivity contribution in [2.24, 2.45) is 23.2 Å². The van der Waals surface area contributed by atoms with Gasteiger partial charge < -0.3 is 24.1 Å². The van der Waals surface area contributed by atoms with E-state index in [-0.39, 0.29) is 18.4 Å². The van der Waals surface area contributed by atoms with Gasteiger partial charge in [-0.2, -0.15) is 0 Å². The van der Waals surface area contributed by atoms with Crippen molar-refractivity contribution in [2.45, 2.75) is 84.4 Å². The van der Waals surface area contributed by atoms with E-state index < -0.39 is 77.1 Å². The van der Waals surface area contributed by atoms with Crippen molar-refractivity contribution in [1.82, 2.24) is 0 Å². The van der Waals surface area contributed by atoms with Crippen LogP contribution in [0.5, 0.6) is 0 Å². The summed E-state index contributed by atoms with van der Waals surface area (Å²) < 4.78 is 22.8. The summed E-state index contributed by atoms with van der Waals surface area (Å²) in [5, 5.41) is 11.5. The van der Waals surface area contributed by atoms with E-state index >= 15 is 0 Å². The molecule has 0 aromatic rings. The highest BCUT2D eigenvalue weighted by molar-refractivity contribution is 5.91. The van der Waals surface area contributed by atoms with E-state index in [0.29, 0.717) is 0 Å². The smallest absolute Gasteiger partial charge is 0.334 e. The fourth-order valence-electron chi connectivity index (χ4n) is 5.80. The lowest BCUT2D eigenvalue weighted by atomic mass is 9.49. The van der Waals surface area contributed by atoms with Crippen LogP contribution in [0.2, 0.25) is 0 Å². The van der Waals surface area contributed by atoms with Gasteiger partial charge in [0.2, 0.25) is 0 Å². The van der Waals surface area contributed by atoms with Crippen LogP contribution >= 0.6 is 0 Å². The lowest BCUT2D eigenvalue weighted by molar-refractivity contribution is -0.280. The third-order valence-corrected chi connectivity index (χ3v) is 7.13. The summed E-state index contributed by atoms with van der Waals surface area (Å²) in [5.41, 5.74) is -2.52. The van der Waals surface area contributed by atoms with Crippen LogP contribution in [0.15, 0.2) is 12.2 Å². The number of rotatable bonds is 4. The average molecular weight is 453 g/mol. The van der Waals surface area contributed by atoms with Gasteiger partial charge in [-0.3, -0.25) is 14.4 Å². The summed E-state index contributed by atoms with van der Waals surface area (Å²) in [7, 11) is 0. The van der Waals surface area contributed by atoms with E-state index in [9.17, 15) is 24.3 Å². The van der Waals surface area contributed by atoms with Gasteiger partial charge in [0.1, 0.15) is 18.3 Å². The second-order valence-corrected chi connectivity index (χ2v) is 9.84. The van der Waals surface area contributed by atoms with Crippen LogP contribution in [0.3, 0.4) is 0 Å². The SMILES string of the molecule is C=C1C(=O)OC2C1C(OC(=O)C(C)C)C1C(C)(O)CCC(OC(C)=O)C1(C)C2OC(C)=O. The van der Waals surface area contributed by atoms with Crippen molar-refractivity contribution >= 4 is 23.9 Å². The van der Waals surface area contributed by atoms with E-state index in [1.807, 2.05) is 0 Å². The van der Waals surface area contributed by atoms with Gasteiger partial charge in [-0.15, -0.1) is 0 Å². The van der Waals surface area contributed by atoms with Gasteiger partial charge >= 0.3 is 23.9 Å². The monoisotopic (exact) mass is 452 g/mol. The number of fused-ring (bicyclic) bond motifs is 2. The van der Waals surface area contributed by atoms with Gasteiger partial charge in [0.25, 0.3) is 0 Å². The van der Waals surface area contributed by atoms with Crippen molar-refractivity contribution in [3.05, 3.63) is 12.2 Å². The second kappa shape index (κ2) is 8.17. The zero-order valence-corrected chi connectivity index (χ0v) is 19.4. The molecule has 1 heterocycles. The molecule has 3 rings (SSSR count). The standard InChI is InChI=1S/C23H32O9/c1-10(2)20(26)31-16-15-11(3)21(27)32-17(15)19(30-13(5)25)23(7)14(29-12(4)24)8-9-22(6,28)18(16)23/h10,14-19,28H,3,8-9H2,1-2,4-7H3. The van der Waals surface area contributed by atoms with Crippen LogP contribution in [0.25, 0.3) is 0 Å². The molecule has 178 valence electrons. The molecular weight excluding hydrogens is 420 g/mol. The zero-order chi connectivity index (χ0) is 24.2. The molecule has 0 bridgehead atoms. The van der Waals surface area contributed by atoms with E-state index in [1.165, 1.54) is 13.8 Å². The van der Waals surface area contributed by atoms with Gasteiger partial charge in [0.05, 0.1) is 22.9 Å². The minimum absolute atomic E-state index is 0.0844. The van der Waals surface area contributed by atoms with Gasteiger partial charge in [0, 0.05) is 25.3 Å². The Balaban J connectivity index is 2.23. The van der Waals surface area contributed by atoms with Crippen LogP contribution < -0.4 is 0 Å². The third-order valence-electron chi connectivity index (χ3n) is 7.13. The molecule has 2 saturated carbocycles. The average Bonchev–Trinajstić information content (AvgIpc) is 2.94. The Morgan fingerprint density at radius 1 is 1.12 bits per heavy atom. The Kier molecular flexibility index (Phi) is 6.19. The summed E-state index contributed by atoms with van der Waals surface area (Å²) in [6.45, 7) is 13.0. The maximum Gasteiger partial charge on any atom is 0.334 e. The van der Waals surface area contributed by atoms with Crippen LogP contribution in [-0.4, -0.2) is 59.0 Å². The molecule has 0 amide bonds. The predicted molar refractivity (Wildman–Crippen MR) is 110 cm³/mol. The number of carbonyl (C=O) groups excluding carboxylic acids is 4. The number of carbonyl (C=O) groups is 4. The molecule has 9 nitrogen and oxygen atoms in total. The van der Waals surface area contributed by atoms with Gasteiger partial charge in [0.15, 0.2) is 6.10 Å². The van der Waals surface area contributed by atoms with E-state index in [2.05, 4.69) is 6.58 Å². The summed E-state index contributed by atoms with van der Waals surface area (Å²) in [6, 6.07) is 0. The van der Waals surface area contributed by atoms with E-state index in [1.54, 1.807) is 27.7 Å². The van der Waals surface area contributed by atoms with Gasteiger partial charge in [-0.05, 0) is 19.8 Å². The van der Waals surface area contributed by atoms with Crippen LogP contribution in [0.4, 0.5) is 0 Å². The van der Waals surface area contributed by atoms with Crippen molar-refractivity contribution in [3.8, 4) is 0 Å². The molecule has 32 heavy (non-hydrogen) atoms. The number of ether oxygens (including phenoxy) is 4. The first-order valence-corrected chi connectivity index (χ1v) is 10.9. The summed E-state index contributed by atoms with van der Waals surface area (Å²) in [4.78, 5) is 49.2. The van der Waals surface area contributed by atoms with Gasteiger partial charge in [-0.25, -0.2) is 4.79 Å². The molecule has 3 aliphatic rings. The molecule has 8 unspecified atom stereocenters. The number of aliphatic hydroxyl groups is 1. The first-order chi connectivity index (χ1) is 14.7. The van der Waals surface area contributed by atoms with E-state index in [0.717, 1.165) is 0 Å². The van der Waals surface area contributed by atoms with Crippen LogP contribution in [-0.2, 0) is 38.1 Å². The Bertz CT molecular complexity index is 844. The lowest BCUT2D eigenvalue weighted by Crippen LogP contribution is -2.72. The van der Waals surface area contributed by atoms with Crippen molar-refractivity contribution in [3.63, 3.8) is 0 Å². The van der Waals surface area contributed by atoms with Crippen molar-refractivity contribution in [2.75, 3.05) is 0 Å². The summed E-state index contributed by atoms with van der Waals surface area (Å²) in [6.07, 6.45) is -3.30. The topological polar surface area (TPSA) is 125 Å². The Labute approximate surface area is 187 Å². The largest absolute Gasteiger partial charge is 0.462 e. The van der Waals surface area contributed by atoms with E-state index in [4.69, 9.17) is 18.9 Å². The fourth-order valence-corrected chi connectivity index (χ4v) is 5.80. The summed E-state index contributed by atoms with van der Waals surface area (Å²) >= 11 is 0. The van der Waals surface area contributed by atoms with Crippen molar-refractivity contribution in [1.29, 1.82) is 0 Å². The number of hydrogen-bond acceptors (Lipinski definition) is 9. The second-order valence-electron chi connectivity index (χ2n) is 9.84. The minimum Gasteiger partial charge on any atom is -0.462 e. The molecule has 1 aliphatic heterocycles. The Morgan fingerprint density at radius 2 is 1.72 bits per heavy atom. The maximum absolute atomic E-state index is 12.7. The molecule has 2 aliphatic carbocycles. The molecule has 1 saturated heterocycles. The fraction of sp³-hybridized carbons (Fsp3) is 0.739. The first-order valence-electron chi connectivity index (χ1n) is 10.9. The Hall–Kier alpha value is -2.42. The Morgan fingerprint density at radius 3 is 2.25 bits per heavy atom. The minimum atomic E-state index is -1.39. The highest BCUT2D eigenvalue weighted by atomic mass is 16.6. The molecule has 1 N–H and O–H groups in total. The van der Waals surface area contributed by atoms with Crippen LogP contribution in [0.1, 0.15) is 54.4 Å². The molecule has 3 fully saturated rings. The quantitative estimate of drug-likeness (QED) is 0.385.